The Labute approximate surface area is 174 Å². The monoisotopic (exact) mass is 406 g/mol. The van der Waals surface area contributed by atoms with Crippen molar-refractivity contribution in [2.24, 2.45) is 40.4 Å². The second-order valence-corrected chi connectivity index (χ2v) is 10.8. The second-order valence-electron chi connectivity index (χ2n) is 10.8. The number of ether oxygens (including phenoxy) is 2. The van der Waals surface area contributed by atoms with Crippen molar-refractivity contribution in [2.45, 2.75) is 84.7 Å². The van der Waals surface area contributed by atoms with Crippen LogP contribution in [-0.4, -0.2) is 36.4 Å². The molecule has 8 atom stereocenters. The van der Waals surface area contributed by atoms with Gasteiger partial charge in [0.05, 0.1) is 6.61 Å². The standard InChI is InChI=1S/C24H38O5/c1-15(26)19-6-7-20-18-5-4-16-14-17(29-22(27)28-13-12-25)8-10-23(16,2)21(18)9-11-24(19,20)3/h16-21,25H,4-14H2,1-3H3/t16-,17+,18-,19+,20-,21-,23-,24+/m0/s1. The highest BCUT2D eigenvalue weighted by Gasteiger charge is 2.60. The molecule has 4 aliphatic rings. The highest BCUT2D eigenvalue weighted by Crippen LogP contribution is 2.67. The molecule has 0 unspecified atom stereocenters. The van der Waals surface area contributed by atoms with Gasteiger partial charge in [0.15, 0.2) is 0 Å². The molecule has 4 fully saturated rings. The summed E-state index contributed by atoms with van der Waals surface area (Å²) in [4.78, 5) is 24.1. The summed E-state index contributed by atoms with van der Waals surface area (Å²) < 4.78 is 10.4. The zero-order valence-electron chi connectivity index (χ0n) is 18.3. The molecule has 0 amide bonds. The van der Waals surface area contributed by atoms with Crippen LogP contribution in [0.15, 0.2) is 0 Å². The summed E-state index contributed by atoms with van der Waals surface area (Å²) in [7, 11) is 0. The van der Waals surface area contributed by atoms with E-state index in [9.17, 15) is 9.59 Å². The summed E-state index contributed by atoms with van der Waals surface area (Å²) in [5.41, 5.74) is 0.542. The van der Waals surface area contributed by atoms with E-state index in [0.717, 1.165) is 37.5 Å². The number of fused-ring (bicyclic) bond motifs is 5. The lowest BCUT2D eigenvalue weighted by Crippen LogP contribution is -2.54. The van der Waals surface area contributed by atoms with E-state index >= 15 is 0 Å². The zero-order chi connectivity index (χ0) is 20.8. The SMILES string of the molecule is CC(=O)[C@H]1CC[C@H]2[C@@H]3CC[C@H]4C[C@H](OC(=O)OCCO)CC[C@]4(C)[C@H]3CC[C@]12C. The molecule has 4 saturated carbocycles. The minimum atomic E-state index is -0.643. The first kappa shape index (κ1) is 21.1. The number of carbonyl (C=O) groups is 2. The van der Waals surface area contributed by atoms with Crippen LogP contribution in [0.5, 0.6) is 0 Å². The van der Waals surface area contributed by atoms with Crippen molar-refractivity contribution in [3.8, 4) is 0 Å². The number of rotatable bonds is 4. The molecule has 164 valence electrons. The van der Waals surface area contributed by atoms with E-state index in [1.807, 2.05) is 0 Å². The average molecular weight is 407 g/mol. The van der Waals surface area contributed by atoms with Crippen molar-refractivity contribution in [3.05, 3.63) is 0 Å². The number of Topliss-reactive ketones (excluding diaryl/α,β-unsaturated/α-hetero) is 1. The van der Waals surface area contributed by atoms with E-state index in [2.05, 4.69) is 13.8 Å². The van der Waals surface area contributed by atoms with Crippen LogP contribution in [0.2, 0.25) is 0 Å². The first-order valence-electron chi connectivity index (χ1n) is 11.7. The van der Waals surface area contributed by atoms with E-state index in [-0.39, 0.29) is 30.7 Å². The second kappa shape index (κ2) is 7.86. The lowest BCUT2D eigenvalue weighted by atomic mass is 9.44. The Bertz CT molecular complexity index is 647. The average Bonchev–Trinajstić information content (AvgIpc) is 3.04. The molecular weight excluding hydrogens is 368 g/mol. The summed E-state index contributed by atoms with van der Waals surface area (Å²) >= 11 is 0. The van der Waals surface area contributed by atoms with Crippen LogP contribution in [0.3, 0.4) is 0 Å². The third kappa shape index (κ3) is 3.51. The van der Waals surface area contributed by atoms with Crippen molar-refractivity contribution < 1.29 is 24.2 Å². The number of hydrogen-bond acceptors (Lipinski definition) is 5. The molecule has 0 saturated heterocycles. The van der Waals surface area contributed by atoms with Gasteiger partial charge < -0.3 is 14.6 Å². The molecule has 0 heterocycles. The lowest BCUT2D eigenvalue weighted by Gasteiger charge is -2.61. The van der Waals surface area contributed by atoms with E-state index in [0.29, 0.717) is 23.0 Å². The Morgan fingerprint density at radius 1 is 0.966 bits per heavy atom. The van der Waals surface area contributed by atoms with Crippen molar-refractivity contribution >= 4 is 11.9 Å². The molecule has 0 radical (unpaired) electrons. The summed E-state index contributed by atoms with van der Waals surface area (Å²) in [5, 5.41) is 8.80. The maximum absolute atomic E-state index is 12.3. The molecule has 5 nitrogen and oxygen atoms in total. The Balaban J connectivity index is 1.44. The van der Waals surface area contributed by atoms with E-state index in [1.54, 1.807) is 6.92 Å². The fourth-order valence-electron chi connectivity index (χ4n) is 8.29. The third-order valence-electron chi connectivity index (χ3n) is 9.68. The van der Waals surface area contributed by atoms with E-state index in [4.69, 9.17) is 14.6 Å². The normalized spacial score (nSPS) is 46.2. The highest BCUT2D eigenvalue weighted by atomic mass is 16.7. The van der Waals surface area contributed by atoms with E-state index in [1.165, 1.54) is 32.1 Å². The fraction of sp³-hybridized carbons (Fsp3) is 0.917. The van der Waals surface area contributed by atoms with Gasteiger partial charge in [0.25, 0.3) is 0 Å². The van der Waals surface area contributed by atoms with Crippen LogP contribution < -0.4 is 0 Å². The maximum atomic E-state index is 12.3. The predicted molar refractivity (Wildman–Crippen MR) is 109 cm³/mol. The molecule has 4 aliphatic carbocycles. The van der Waals surface area contributed by atoms with Gasteiger partial charge >= 0.3 is 6.16 Å². The van der Waals surface area contributed by atoms with Crippen molar-refractivity contribution in [1.82, 2.24) is 0 Å². The highest BCUT2D eigenvalue weighted by molar-refractivity contribution is 5.79. The number of hydrogen-bond donors (Lipinski definition) is 1. The minimum absolute atomic E-state index is 0.00212. The number of aliphatic hydroxyl groups excluding tert-OH is 1. The van der Waals surface area contributed by atoms with Gasteiger partial charge in [-0.15, -0.1) is 0 Å². The smallest absolute Gasteiger partial charge is 0.432 e. The number of carbonyl (C=O) groups excluding carboxylic acids is 2. The van der Waals surface area contributed by atoms with Gasteiger partial charge in [-0.2, -0.15) is 0 Å². The van der Waals surface area contributed by atoms with Crippen molar-refractivity contribution in [3.63, 3.8) is 0 Å². The molecule has 0 bridgehead atoms. The van der Waals surface area contributed by atoms with Gasteiger partial charge in [-0.1, -0.05) is 13.8 Å². The maximum Gasteiger partial charge on any atom is 0.508 e. The van der Waals surface area contributed by atoms with Gasteiger partial charge in [-0.25, -0.2) is 4.79 Å². The molecule has 1 N–H and O–H groups in total. The molecule has 29 heavy (non-hydrogen) atoms. The molecule has 4 rings (SSSR count). The minimum Gasteiger partial charge on any atom is -0.432 e. The van der Waals surface area contributed by atoms with Crippen LogP contribution >= 0.6 is 0 Å². The van der Waals surface area contributed by atoms with E-state index < -0.39 is 6.16 Å². The summed E-state index contributed by atoms with van der Waals surface area (Å²) in [6.07, 6.45) is 9.48. The predicted octanol–water partition coefficient (Wildman–Crippen LogP) is 4.75. The number of aliphatic hydroxyl groups is 1. The molecule has 0 aromatic rings. The van der Waals surface area contributed by atoms with Crippen molar-refractivity contribution in [2.75, 3.05) is 13.2 Å². The van der Waals surface area contributed by atoms with Gasteiger partial charge in [-0.05, 0) is 99.2 Å². The molecular formula is C24H38O5. The first-order valence-corrected chi connectivity index (χ1v) is 11.7. The Kier molecular flexibility index (Phi) is 5.73. The number of ketones is 1. The van der Waals surface area contributed by atoms with Gasteiger partial charge in [-0.3, -0.25) is 4.79 Å². The summed E-state index contributed by atoms with van der Waals surface area (Å²) in [6, 6.07) is 0. The topological polar surface area (TPSA) is 72.8 Å². The lowest BCUT2D eigenvalue weighted by molar-refractivity contribution is -0.140. The first-order chi connectivity index (χ1) is 13.8. The molecule has 0 spiro atoms. The third-order valence-corrected chi connectivity index (χ3v) is 9.68. The van der Waals surface area contributed by atoms with Crippen LogP contribution in [0.4, 0.5) is 4.79 Å². The Morgan fingerprint density at radius 3 is 2.41 bits per heavy atom. The molecule has 5 heteroatoms. The van der Waals surface area contributed by atoms with Crippen LogP contribution in [0.25, 0.3) is 0 Å². The molecule has 0 aromatic heterocycles. The molecule has 0 aliphatic heterocycles. The zero-order valence-corrected chi connectivity index (χ0v) is 18.3. The van der Waals surface area contributed by atoms with Crippen LogP contribution in [-0.2, 0) is 14.3 Å². The van der Waals surface area contributed by atoms with Crippen LogP contribution in [0.1, 0.15) is 78.6 Å². The fourth-order valence-corrected chi connectivity index (χ4v) is 8.29. The Hall–Kier alpha value is -1.10. The molecule has 0 aromatic carbocycles. The van der Waals surface area contributed by atoms with Crippen LogP contribution in [0, 0.1) is 40.4 Å². The van der Waals surface area contributed by atoms with Crippen molar-refractivity contribution in [1.29, 1.82) is 0 Å². The summed E-state index contributed by atoms with van der Waals surface area (Å²) in [5.74, 6) is 3.48. The van der Waals surface area contributed by atoms with Gasteiger partial charge in [0.2, 0.25) is 0 Å². The summed E-state index contributed by atoms with van der Waals surface area (Å²) in [6.45, 7) is 6.53. The van der Waals surface area contributed by atoms with Gasteiger partial charge in [0.1, 0.15) is 18.5 Å². The largest absolute Gasteiger partial charge is 0.508 e. The van der Waals surface area contributed by atoms with Gasteiger partial charge in [0, 0.05) is 5.92 Å². The quantitative estimate of drug-likeness (QED) is 0.682. The Morgan fingerprint density at radius 2 is 1.69 bits per heavy atom.